The van der Waals surface area contributed by atoms with Gasteiger partial charge in [-0.3, -0.25) is 5.32 Å². The van der Waals surface area contributed by atoms with E-state index in [-0.39, 0.29) is 6.03 Å². The zero-order valence-corrected chi connectivity index (χ0v) is 13.6. The zero-order chi connectivity index (χ0) is 17.6. The highest BCUT2D eigenvalue weighted by molar-refractivity contribution is 5.89. The van der Waals surface area contributed by atoms with E-state index >= 15 is 0 Å². The van der Waals surface area contributed by atoms with Crippen LogP contribution in [0.4, 0.5) is 22.1 Å². The highest BCUT2D eigenvalue weighted by Gasteiger charge is 2.07. The van der Waals surface area contributed by atoms with Crippen molar-refractivity contribution in [1.82, 2.24) is 20.3 Å². The van der Waals surface area contributed by atoms with Crippen LogP contribution < -0.4 is 16.0 Å². The maximum atomic E-state index is 11.6. The lowest BCUT2D eigenvalue weighted by molar-refractivity contribution is 0.252. The van der Waals surface area contributed by atoms with Gasteiger partial charge in [-0.05, 0) is 31.2 Å². The summed E-state index contributed by atoms with van der Waals surface area (Å²) in [6.45, 7) is 2.37. The van der Waals surface area contributed by atoms with Gasteiger partial charge in [0.2, 0.25) is 0 Å². The van der Waals surface area contributed by atoms with Crippen LogP contribution >= 0.6 is 0 Å². The van der Waals surface area contributed by atoms with Crippen LogP contribution in [-0.4, -0.2) is 27.5 Å². The first kappa shape index (κ1) is 16.2. The van der Waals surface area contributed by atoms with Crippen LogP contribution in [-0.2, 0) is 0 Å². The number of nitrogens with zero attached hydrogens (tertiary/aromatic N) is 3. The molecule has 0 bridgehead atoms. The van der Waals surface area contributed by atoms with Gasteiger partial charge in [-0.2, -0.15) is 0 Å². The maximum Gasteiger partial charge on any atom is 0.320 e. The first-order valence-corrected chi connectivity index (χ1v) is 7.71. The Labute approximate surface area is 144 Å². The average molecular weight is 332 g/mol. The highest BCUT2D eigenvalue weighted by Crippen LogP contribution is 2.20. The van der Waals surface area contributed by atoms with Gasteiger partial charge in [-0.15, -0.1) is 6.42 Å². The smallest absolute Gasteiger partial charge is 0.320 e. The molecule has 0 aliphatic heterocycles. The molecule has 0 fully saturated rings. The van der Waals surface area contributed by atoms with Crippen LogP contribution in [0.2, 0.25) is 0 Å². The van der Waals surface area contributed by atoms with Crippen molar-refractivity contribution in [3.05, 3.63) is 48.2 Å². The number of hydrogen-bond acceptors (Lipinski definition) is 5. The number of pyridine rings is 1. The van der Waals surface area contributed by atoms with E-state index in [4.69, 9.17) is 6.42 Å². The Morgan fingerprint density at radius 2 is 1.96 bits per heavy atom. The second-order valence-electron chi connectivity index (χ2n) is 5.09. The quantitative estimate of drug-likeness (QED) is 0.639. The molecule has 3 aromatic rings. The van der Waals surface area contributed by atoms with Gasteiger partial charge in [0.1, 0.15) is 11.3 Å². The lowest BCUT2D eigenvalue weighted by Gasteiger charge is -2.09. The molecule has 2 heterocycles. The van der Waals surface area contributed by atoms with Gasteiger partial charge >= 0.3 is 6.03 Å². The molecule has 7 heteroatoms. The number of nitrogens with one attached hydrogen (secondary N) is 3. The third-order valence-corrected chi connectivity index (χ3v) is 3.33. The van der Waals surface area contributed by atoms with Crippen molar-refractivity contribution in [2.75, 3.05) is 17.2 Å². The number of fused-ring (bicyclic) bond motifs is 1. The summed E-state index contributed by atoms with van der Waals surface area (Å²) in [7, 11) is 0. The topological polar surface area (TPSA) is 91.8 Å². The van der Waals surface area contributed by atoms with Crippen LogP contribution in [0.3, 0.4) is 0 Å². The van der Waals surface area contributed by atoms with E-state index in [1.807, 2.05) is 31.2 Å². The number of para-hydroxylation sites is 1. The number of benzene rings is 1. The molecule has 0 unspecified atom stereocenters. The molecule has 0 atom stereocenters. The highest BCUT2D eigenvalue weighted by atomic mass is 16.2. The number of terminal acetylenes is 1. The molecule has 2 amide bonds. The minimum atomic E-state index is -0.320. The molecular formula is C18H16N6O. The number of anilines is 3. The van der Waals surface area contributed by atoms with Gasteiger partial charge in [0.15, 0.2) is 11.5 Å². The summed E-state index contributed by atoms with van der Waals surface area (Å²) in [6, 6.07) is 10.5. The first-order chi connectivity index (χ1) is 12.2. The van der Waals surface area contributed by atoms with Crippen LogP contribution in [0.1, 0.15) is 12.5 Å². The summed E-state index contributed by atoms with van der Waals surface area (Å²) in [5, 5.41) is 8.43. The third kappa shape index (κ3) is 3.82. The van der Waals surface area contributed by atoms with Crippen molar-refractivity contribution < 1.29 is 4.79 Å². The van der Waals surface area contributed by atoms with Crippen molar-refractivity contribution in [3.63, 3.8) is 0 Å². The Kier molecular flexibility index (Phi) is 4.72. The predicted molar refractivity (Wildman–Crippen MR) is 97.7 cm³/mol. The lowest BCUT2D eigenvalue weighted by atomic mass is 10.2. The van der Waals surface area contributed by atoms with E-state index in [1.54, 1.807) is 18.3 Å². The van der Waals surface area contributed by atoms with E-state index in [9.17, 15) is 4.79 Å². The first-order valence-electron chi connectivity index (χ1n) is 7.71. The molecule has 0 saturated carbocycles. The minimum Gasteiger partial charge on any atom is -0.338 e. The molecule has 1 aromatic carbocycles. The number of rotatable bonds is 4. The fourth-order valence-electron chi connectivity index (χ4n) is 2.20. The molecule has 0 spiro atoms. The number of amides is 2. The molecule has 0 aliphatic rings. The van der Waals surface area contributed by atoms with Crippen LogP contribution in [0, 0.1) is 12.3 Å². The summed E-state index contributed by atoms with van der Waals surface area (Å²) in [5.74, 6) is 3.52. The van der Waals surface area contributed by atoms with E-state index in [0.717, 1.165) is 11.3 Å². The normalized spacial score (nSPS) is 10.1. The second kappa shape index (κ2) is 7.27. The summed E-state index contributed by atoms with van der Waals surface area (Å²) in [5.41, 5.74) is 2.52. The zero-order valence-electron chi connectivity index (χ0n) is 13.6. The van der Waals surface area contributed by atoms with E-state index in [1.165, 1.54) is 0 Å². The molecular weight excluding hydrogens is 316 g/mol. The summed E-state index contributed by atoms with van der Waals surface area (Å²) in [4.78, 5) is 24.7. The van der Waals surface area contributed by atoms with Gasteiger partial charge in [0.05, 0.1) is 11.9 Å². The summed E-state index contributed by atoms with van der Waals surface area (Å²) < 4.78 is 0. The van der Waals surface area contributed by atoms with Crippen molar-refractivity contribution in [2.24, 2.45) is 0 Å². The fraction of sp³-hybridized carbons (Fsp3) is 0.111. The summed E-state index contributed by atoms with van der Waals surface area (Å²) in [6.07, 6.45) is 7.11. The Morgan fingerprint density at radius 1 is 1.16 bits per heavy atom. The number of urea groups is 1. The van der Waals surface area contributed by atoms with Crippen molar-refractivity contribution in [1.29, 1.82) is 0 Å². The standard InChI is InChI=1S/C18H16N6O/c1-3-12-7-5-6-8-13(12)21-16-11-20-14-9-10-15(22-17(14)23-16)24-18(25)19-4-2/h1,5-11H,4H2,2H3,(H3,19,21,22,23,24,25). The molecule has 25 heavy (non-hydrogen) atoms. The number of carbonyl (C=O) groups excluding carboxylic acids is 1. The number of aromatic nitrogens is 3. The summed E-state index contributed by atoms with van der Waals surface area (Å²) >= 11 is 0. The van der Waals surface area contributed by atoms with Gasteiger partial charge in [-0.1, -0.05) is 18.1 Å². The van der Waals surface area contributed by atoms with Crippen LogP contribution in [0.15, 0.2) is 42.6 Å². The average Bonchev–Trinajstić information content (AvgIpc) is 2.62. The lowest BCUT2D eigenvalue weighted by Crippen LogP contribution is -2.28. The minimum absolute atomic E-state index is 0.320. The molecule has 3 N–H and O–H groups in total. The molecule has 0 saturated heterocycles. The van der Waals surface area contributed by atoms with Crippen LogP contribution in [0.5, 0.6) is 0 Å². The second-order valence-corrected chi connectivity index (χ2v) is 5.09. The number of hydrogen-bond donors (Lipinski definition) is 3. The van der Waals surface area contributed by atoms with Gasteiger partial charge in [0.25, 0.3) is 0 Å². The molecule has 3 rings (SSSR count). The Bertz CT molecular complexity index is 963. The van der Waals surface area contributed by atoms with E-state index < -0.39 is 0 Å². The van der Waals surface area contributed by atoms with Gasteiger partial charge in [0, 0.05) is 12.1 Å². The molecule has 7 nitrogen and oxygen atoms in total. The largest absolute Gasteiger partial charge is 0.338 e. The van der Waals surface area contributed by atoms with Crippen molar-refractivity contribution in [3.8, 4) is 12.3 Å². The molecule has 0 radical (unpaired) electrons. The van der Waals surface area contributed by atoms with E-state index in [2.05, 4.69) is 36.8 Å². The molecule has 2 aromatic heterocycles. The maximum absolute atomic E-state index is 11.6. The predicted octanol–water partition coefficient (Wildman–Crippen LogP) is 2.89. The number of carbonyl (C=O) groups is 1. The molecule has 124 valence electrons. The Morgan fingerprint density at radius 3 is 2.76 bits per heavy atom. The third-order valence-electron chi connectivity index (χ3n) is 3.33. The van der Waals surface area contributed by atoms with Crippen molar-refractivity contribution in [2.45, 2.75) is 6.92 Å². The van der Waals surface area contributed by atoms with Gasteiger partial charge < -0.3 is 10.6 Å². The Balaban J connectivity index is 1.88. The monoisotopic (exact) mass is 332 g/mol. The van der Waals surface area contributed by atoms with E-state index in [0.29, 0.717) is 29.3 Å². The fourth-order valence-corrected chi connectivity index (χ4v) is 2.20. The SMILES string of the molecule is C#Cc1ccccc1Nc1cnc2ccc(NC(=O)NCC)nc2n1. The van der Waals surface area contributed by atoms with Crippen LogP contribution in [0.25, 0.3) is 11.2 Å². The molecule has 0 aliphatic carbocycles. The van der Waals surface area contributed by atoms with Crippen molar-refractivity contribution >= 4 is 34.5 Å². The van der Waals surface area contributed by atoms with Gasteiger partial charge in [-0.25, -0.2) is 19.7 Å². The Hall–Kier alpha value is -3.66.